The Bertz CT molecular complexity index is 793. The number of carboxylic acids is 1. The van der Waals surface area contributed by atoms with E-state index in [2.05, 4.69) is 0 Å². The lowest BCUT2D eigenvalue weighted by Crippen LogP contribution is -2.27. The number of amides is 1. The highest BCUT2D eigenvalue weighted by atomic mass is 32.3. The van der Waals surface area contributed by atoms with Crippen molar-refractivity contribution < 1.29 is 31.9 Å². The minimum atomic E-state index is -4.77. The van der Waals surface area contributed by atoms with Gasteiger partial charge in [-0.2, -0.15) is 8.42 Å². The zero-order chi connectivity index (χ0) is 17.4. The fourth-order valence-corrected chi connectivity index (χ4v) is 3.24. The summed E-state index contributed by atoms with van der Waals surface area (Å²) in [5, 5.41) is 19.9. The number of rotatable bonds is 5. The molecule has 0 saturated carbocycles. The monoisotopic (exact) mass is 346 g/mol. The molecule has 1 heterocycles. The SMILES string of the molecule is O=C(O)c1cc([N+](=O)[O-])ccc1N1CC(CS(=O)(=O)F)CC1=O. The maximum Gasteiger partial charge on any atom is 0.338 e. The number of hydrogen-bond acceptors (Lipinski definition) is 6. The van der Waals surface area contributed by atoms with Crippen LogP contribution in [0.3, 0.4) is 0 Å². The van der Waals surface area contributed by atoms with E-state index in [4.69, 9.17) is 5.11 Å². The zero-order valence-corrected chi connectivity index (χ0v) is 12.3. The van der Waals surface area contributed by atoms with E-state index in [-0.39, 0.29) is 18.7 Å². The molecule has 0 aromatic heterocycles. The van der Waals surface area contributed by atoms with Crippen LogP contribution in [0.5, 0.6) is 0 Å². The summed E-state index contributed by atoms with van der Waals surface area (Å²) < 4.78 is 34.1. The molecule has 1 fully saturated rings. The Morgan fingerprint density at radius 2 is 2.13 bits per heavy atom. The average Bonchev–Trinajstić information content (AvgIpc) is 2.76. The van der Waals surface area contributed by atoms with E-state index < -0.39 is 49.9 Å². The Morgan fingerprint density at radius 1 is 1.48 bits per heavy atom. The van der Waals surface area contributed by atoms with E-state index >= 15 is 0 Å². The molecular formula is C12H11FN2O7S. The van der Waals surface area contributed by atoms with E-state index in [1.165, 1.54) is 0 Å². The molecule has 0 radical (unpaired) electrons. The van der Waals surface area contributed by atoms with Gasteiger partial charge in [-0.3, -0.25) is 14.9 Å². The number of nitro groups is 1. The van der Waals surface area contributed by atoms with Gasteiger partial charge in [0.25, 0.3) is 5.69 Å². The normalized spacial score (nSPS) is 18.2. The average molecular weight is 346 g/mol. The predicted octanol–water partition coefficient (Wildman–Crippen LogP) is 0.945. The van der Waals surface area contributed by atoms with Crippen molar-refractivity contribution in [1.29, 1.82) is 0 Å². The summed E-state index contributed by atoms with van der Waals surface area (Å²) >= 11 is 0. The summed E-state index contributed by atoms with van der Waals surface area (Å²) in [6.45, 7) is -0.180. The first-order valence-electron chi connectivity index (χ1n) is 6.33. The summed E-state index contributed by atoms with van der Waals surface area (Å²) in [7, 11) is -4.77. The van der Waals surface area contributed by atoms with Crippen molar-refractivity contribution in [1.82, 2.24) is 0 Å². The number of aromatic carboxylic acids is 1. The maximum absolute atomic E-state index is 12.7. The minimum absolute atomic E-state index is 0.0909. The standard InChI is InChI=1S/C12H11FN2O7S/c13-23(21,22)6-7-3-11(16)14(5-7)10-2-1-8(15(19)20)4-9(10)12(17)18/h1-2,4,7H,3,5-6H2,(H,17,18). The van der Waals surface area contributed by atoms with Gasteiger partial charge in [-0.15, -0.1) is 3.89 Å². The smallest absolute Gasteiger partial charge is 0.338 e. The van der Waals surface area contributed by atoms with Crippen molar-refractivity contribution in [2.75, 3.05) is 17.2 Å². The second-order valence-electron chi connectivity index (χ2n) is 5.04. The van der Waals surface area contributed by atoms with Crippen molar-refractivity contribution in [3.8, 4) is 0 Å². The van der Waals surface area contributed by atoms with Gasteiger partial charge < -0.3 is 10.0 Å². The first kappa shape index (κ1) is 16.8. The summed E-state index contributed by atoms with van der Waals surface area (Å²) in [5.74, 6) is -3.70. The lowest BCUT2D eigenvalue weighted by Gasteiger charge is -2.18. The highest BCUT2D eigenvalue weighted by Gasteiger charge is 2.35. The molecule has 124 valence electrons. The van der Waals surface area contributed by atoms with E-state index in [0.717, 1.165) is 23.1 Å². The number of benzene rings is 1. The Kier molecular flexibility index (Phi) is 4.32. The molecule has 9 nitrogen and oxygen atoms in total. The molecule has 1 aromatic carbocycles. The van der Waals surface area contributed by atoms with E-state index in [9.17, 15) is 32.0 Å². The Hall–Kier alpha value is -2.56. The van der Waals surface area contributed by atoms with Gasteiger partial charge in [0.15, 0.2) is 0 Å². The molecule has 11 heteroatoms. The van der Waals surface area contributed by atoms with Gasteiger partial charge >= 0.3 is 16.2 Å². The van der Waals surface area contributed by atoms with Gasteiger partial charge in [0.1, 0.15) is 0 Å². The molecule has 23 heavy (non-hydrogen) atoms. The van der Waals surface area contributed by atoms with E-state index in [1.54, 1.807) is 0 Å². The highest BCUT2D eigenvalue weighted by Crippen LogP contribution is 2.31. The molecule has 1 aliphatic heterocycles. The number of anilines is 1. The molecule has 1 saturated heterocycles. The zero-order valence-electron chi connectivity index (χ0n) is 11.5. The quantitative estimate of drug-likeness (QED) is 0.476. The van der Waals surface area contributed by atoms with Crippen LogP contribution in [0, 0.1) is 16.0 Å². The van der Waals surface area contributed by atoms with Gasteiger partial charge in [0.2, 0.25) is 5.91 Å². The molecule has 2 rings (SSSR count). The third kappa shape index (κ3) is 3.80. The van der Waals surface area contributed by atoms with Crippen LogP contribution in [0.15, 0.2) is 18.2 Å². The van der Waals surface area contributed by atoms with Crippen molar-refractivity contribution >= 4 is 33.5 Å². The number of nitro benzene ring substituents is 1. The molecule has 1 aromatic rings. The van der Waals surface area contributed by atoms with Crippen molar-refractivity contribution in [2.45, 2.75) is 6.42 Å². The lowest BCUT2D eigenvalue weighted by molar-refractivity contribution is -0.384. The van der Waals surface area contributed by atoms with E-state index in [0.29, 0.717) is 0 Å². The number of hydrogen-bond donors (Lipinski definition) is 1. The van der Waals surface area contributed by atoms with Crippen LogP contribution < -0.4 is 4.90 Å². The largest absolute Gasteiger partial charge is 0.478 e. The van der Waals surface area contributed by atoms with Crippen LogP contribution in [0.25, 0.3) is 0 Å². The summed E-state index contributed by atoms with van der Waals surface area (Å²) in [6, 6.07) is 2.95. The van der Waals surface area contributed by atoms with Gasteiger partial charge in [-0.05, 0) is 6.07 Å². The second-order valence-corrected chi connectivity index (χ2v) is 6.45. The maximum atomic E-state index is 12.7. The van der Waals surface area contributed by atoms with Crippen molar-refractivity contribution in [3.63, 3.8) is 0 Å². The molecule has 1 aliphatic rings. The molecule has 1 unspecified atom stereocenters. The summed E-state index contributed by atoms with van der Waals surface area (Å²) in [5.41, 5.74) is -1.01. The van der Waals surface area contributed by atoms with Crippen molar-refractivity contribution in [2.24, 2.45) is 5.92 Å². The lowest BCUT2D eigenvalue weighted by atomic mass is 10.1. The van der Waals surface area contributed by atoms with Gasteiger partial charge in [-0.1, -0.05) is 0 Å². The third-order valence-electron chi connectivity index (χ3n) is 3.35. The van der Waals surface area contributed by atoms with Crippen LogP contribution in [0.4, 0.5) is 15.3 Å². The Balaban J connectivity index is 2.36. The van der Waals surface area contributed by atoms with Gasteiger partial charge in [-0.25, -0.2) is 4.79 Å². The Morgan fingerprint density at radius 3 is 2.65 bits per heavy atom. The topological polar surface area (TPSA) is 135 Å². The predicted molar refractivity (Wildman–Crippen MR) is 75.4 cm³/mol. The van der Waals surface area contributed by atoms with Crippen molar-refractivity contribution in [3.05, 3.63) is 33.9 Å². The van der Waals surface area contributed by atoms with Gasteiger partial charge in [0, 0.05) is 31.0 Å². The highest BCUT2D eigenvalue weighted by molar-refractivity contribution is 7.86. The van der Waals surface area contributed by atoms with Crippen LogP contribution in [-0.2, 0) is 15.0 Å². The van der Waals surface area contributed by atoms with Crippen LogP contribution >= 0.6 is 0 Å². The number of non-ortho nitro benzene ring substituents is 1. The molecule has 1 atom stereocenters. The Labute approximate surface area is 129 Å². The second kappa shape index (κ2) is 5.91. The van der Waals surface area contributed by atoms with Gasteiger partial charge in [0.05, 0.1) is 21.9 Å². The number of halogens is 1. The molecular weight excluding hydrogens is 335 g/mol. The molecule has 0 spiro atoms. The van der Waals surface area contributed by atoms with Crippen LogP contribution in [0.1, 0.15) is 16.8 Å². The molecule has 1 N–H and O–H groups in total. The number of nitrogens with zero attached hydrogens (tertiary/aromatic N) is 2. The van der Waals surface area contributed by atoms with E-state index in [1.807, 2.05) is 0 Å². The molecule has 1 amide bonds. The first-order chi connectivity index (χ1) is 10.6. The van der Waals surface area contributed by atoms with Crippen LogP contribution in [-0.4, -0.2) is 42.6 Å². The molecule has 0 bridgehead atoms. The van der Waals surface area contributed by atoms with Crippen LogP contribution in [0.2, 0.25) is 0 Å². The molecule has 0 aliphatic carbocycles. The summed E-state index contributed by atoms with van der Waals surface area (Å²) in [4.78, 5) is 34.1. The fourth-order valence-electron chi connectivity index (χ4n) is 2.45. The minimum Gasteiger partial charge on any atom is -0.478 e. The third-order valence-corrected chi connectivity index (χ3v) is 4.22. The summed E-state index contributed by atoms with van der Waals surface area (Å²) in [6.07, 6.45) is -0.251. The number of carboxylic acid groups (broad SMARTS) is 1. The number of carbonyl (C=O) groups excluding carboxylic acids is 1. The number of carbonyl (C=O) groups is 2. The first-order valence-corrected chi connectivity index (χ1v) is 7.88. The fraction of sp³-hybridized carbons (Fsp3) is 0.333.